The van der Waals surface area contributed by atoms with Crippen LogP contribution in [0.25, 0.3) is 34.1 Å². The van der Waals surface area contributed by atoms with Gasteiger partial charge in [0.1, 0.15) is 41.6 Å². The Balaban J connectivity index is 0.997. The zero-order chi connectivity index (χ0) is 37.5. The van der Waals surface area contributed by atoms with E-state index in [0.29, 0.717) is 55.1 Å². The van der Waals surface area contributed by atoms with Crippen molar-refractivity contribution in [3.8, 4) is 17.2 Å². The zero-order valence-electron chi connectivity index (χ0n) is 31.2. The maximum atomic E-state index is 11.8. The maximum absolute atomic E-state index is 11.8. The van der Waals surface area contributed by atoms with Gasteiger partial charge in [-0.2, -0.15) is 0 Å². The van der Waals surface area contributed by atoms with Crippen molar-refractivity contribution >= 4 is 34.1 Å². The number of fused-ring (bicyclic) bond motifs is 4. The highest BCUT2D eigenvalue weighted by Gasteiger charge is 2.54. The van der Waals surface area contributed by atoms with Crippen LogP contribution in [0.1, 0.15) is 83.9 Å². The second-order valence-corrected chi connectivity index (χ2v) is 15.3. The highest BCUT2D eigenvalue weighted by molar-refractivity contribution is 5.92. The van der Waals surface area contributed by atoms with E-state index >= 15 is 0 Å². The van der Waals surface area contributed by atoms with Gasteiger partial charge in [0.15, 0.2) is 0 Å². The number of furan rings is 1. The fraction of sp³-hybridized carbons (Fsp3) is 0.419. The number of hydrogen-bond acceptors (Lipinski definition) is 10. The van der Waals surface area contributed by atoms with Crippen LogP contribution in [0, 0.1) is 0 Å². The minimum Gasteiger partial charge on any atom is -0.488 e. The van der Waals surface area contributed by atoms with Crippen LogP contribution in [0.5, 0.6) is 17.2 Å². The van der Waals surface area contributed by atoms with E-state index < -0.39 is 23.3 Å². The lowest BCUT2D eigenvalue weighted by molar-refractivity contribution is -0.270. The average Bonchev–Trinajstić information content (AvgIpc) is 3.82. The zero-order valence-corrected chi connectivity index (χ0v) is 31.2. The van der Waals surface area contributed by atoms with Crippen LogP contribution in [0.4, 0.5) is 0 Å². The molecule has 4 heterocycles. The summed E-state index contributed by atoms with van der Waals surface area (Å²) >= 11 is 0. The normalized spacial score (nSPS) is 21.3. The van der Waals surface area contributed by atoms with E-state index in [1.807, 2.05) is 51.1 Å². The van der Waals surface area contributed by atoms with Gasteiger partial charge in [0.25, 0.3) is 0 Å². The summed E-state index contributed by atoms with van der Waals surface area (Å²) in [6.45, 7) is 12.0. The van der Waals surface area contributed by atoms with Gasteiger partial charge >= 0.3 is 11.6 Å². The highest BCUT2D eigenvalue weighted by atomic mass is 16.9. The molecule has 4 aromatic rings. The molecule has 10 nitrogen and oxygen atoms in total. The van der Waals surface area contributed by atoms with Crippen molar-refractivity contribution in [1.29, 1.82) is 0 Å². The summed E-state index contributed by atoms with van der Waals surface area (Å²) in [4.78, 5) is 11.8. The lowest BCUT2D eigenvalue weighted by Crippen LogP contribution is -2.38. The van der Waals surface area contributed by atoms with Gasteiger partial charge in [-0.25, -0.2) is 4.79 Å². The summed E-state index contributed by atoms with van der Waals surface area (Å²) in [7, 11) is 0. The molecule has 1 saturated heterocycles. The van der Waals surface area contributed by atoms with Crippen LogP contribution in [-0.2, 0) is 15.9 Å². The van der Waals surface area contributed by atoms with Crippen molar-refractivity contribution in [3.05, 3.63) is 99.2 Å². The Hall–Kier alpha value is -4.61. The molecule has 2 aliphatic heterocycles. The third-order valence-corrected chi connectivity index (χ3v) is 10.3. The molecule has 10 heteroatoms. The maximum Gasteiger partial charge on any atom is 0.350 e. The smallest absolute Gasteiger partial charge is 0.350 e. The number of aliphatic hydroxyl groups is 2. The summed E-state index contributed by atoms with van der Waals surface area (Å²) < 4.78 is 43.4. The predicted molar refractivity (Wildman–Crippen MR) is 203 cm³/mol. The first-order chi connectivity index (χ1) is 25.2. The first kappa shape index (κ1) is 36.7. The molecule has 2 aromatic heterocycles. The van der Waals surface area contributed by atoms with E-state index in [9.17, 15) is 15.0 Å². The van der Waals surface area contributed by atoms with Gasteiger partial charge in [0, 0.05) is 23.8 Å². The third-order valence-electron chi connectivity index (χ3n) is 10.3. The van der Waals surface area contributed by atoms with Gasteiger partial charge in [-0.05, 0) is 116 Å². The number of allylic oxidation sites excluding steroid dienone is 3. The van der Waals surface area contributed by atoms with Gasteiger partial charge in [0.05, 0.1) is 46.0 Å². The monoisotopic (exact) mass is 724 g/mol. The SMILES string of the molecule is C/C(=C\COc1c2c(cc3occc13)OC1(C=C2)OC(CC/C(C)=C/COc2c3c(cc4oc(=O)ccc24)CC=C3)C(C)(C)O1)CCC(O)C(C)(C)O. The average molecular weight is 725 g/mol. The van der Waals surface area contributed by atoms with E-state index in [-0.39, 0.29) is 11.7 Å². The summed E-state index contributed by atoms with van der Waals surface area (Å²) in [6, 6.07) is 8.80. The first-order valence-electron chi connectivity index (χ1n) is 18.3. The Kier molecular flexibility index (Phi) is 9.93. The van der Waals surface area contributed by atoms with Gasteiger partial charge in [-0.3, -0.25) is 0 Å². The van der Waals surface area contributed by atoms with Gasteiger partial charge in [-0.1, -0.05) is 23.3 Å². The van der Waals surface area contributed by atoms with Crippen LogP contribution in [-0.4, -0.2) is 52.8 Å². The lowest BCUT2D eigenvalue weighted by atomic mass is 9.96. The molecule has 53 heavy (non-hydrogen) atoms. The summed E-state index contributed by atoms with van der Waals surface area (Å²) in [5.74, 6) is 0.470. The standard InChI is InChI=1S/C43H48O10/c1-26(10-13-36(44)41(3,4)46)17-22-49-40-31-16-20-43(51-35(31)25-33-32(40)19-23-47-33)52-37(42(5,6)53-43)14-11-27(2)18-21-48-39-29-9-7-8-28(29)24-34-30(39)12-15-38(45)50-34/h7,9,12,15-20,23-25,36-37,44,46H,8,10-11,13-14,21-22H2,1-6H3/b26-17+,27-18+. The molecule has 0 saturated carbocycles. The summed E-state index contributed by atoms with van der Waals surface area (Å²) in [5, 5.41) is 21.8. The number of aliphatic hydroxyl groups excluding tert-OH is 1. The second-order valence-electron chi connectivity index (χ2n) is 15.3. The van der Waals surface area contributed by atoms with Gasteiger partial charge in [0.2, 0.25) is 0 Å². The fourth-order valence-corrected chi connectivity index (χ4v) is 7.04. The highest BCUT2D eigenvalue weighted by Crippen LogP contribution is 2.48. The lowest BCUT2D eigenvalue weighted by Gasteiger charge is -2.30. The molecular formula is C43H48O10. The molecule has 0 amide bonds. The van der Waals surface area contributed by atoms with E-state index in [1.54, 1.807) is 32.3 Å². The Morgan fingerprint density at radius 2 is 1.70 bits per heavy atom. The summed E-state index contributed by atoms with van der Waals surface area (Å²) in [6.07, 6.45) is 15.8. The number of ether oxygens (including phenoxy) is 5. The van der Waals surface area contributed by atoms with Gasteiger partial charge in [-0.15, -0.1) is 0 Å². The molecule has 1 fully saturated rings. The van der Waals surface area contributed by atoms with Crippen molar-refractivity contribution in [2.45, 2.75) is 103 Å². The Morgan fingerprint density at radius 3 is 2.45 bits per heavy atom. The number of benzene rings is 2. The Labute approximate surface area is 308 Å². The molecule has 7 rings (SSSR count). The Morgan fingerprint density at radius 1 is 0.981 bits per heavy atom. The van der Waals surface area contributed by atoms with Crippen LogP contribution in [0.2, 0.25) is 0 Å². The van der Waals surface area contributed by atoms with Gasteiger partial charge < -0.3 is 42.7 Å². The van der Waals surface area contributed by atoms with Crippen LogP contribution in [0.3, 0.4) is 0 Å². The second kappa shape index (κ2) is 14.3. The predicted octanol–water partition coefficient (Wildman–Crippen LogP) is 8.40. The first-order valence-corrected chi connectivity index (χ1v) is 18.3. The van der Waals surface area contributed by atoms with Crippen molar-refractivity contribution < 1.29 is 42.7 Å². The minimum atomic E-state index is -1.41. The molecular weight excluding hydrogens is 676 g/mol. The molecule has 3 aliphatic rings. The van der Waals surface area contributed by atoms with Crippen LogP contribution >= 0.6 is 0 Å². The van der Waals surface area contributed by atoms with Crippen LogP contribution in [0.15, 0.2) is 85.7 Å². The molecule has 3 atom stereocenters. The third kappa shape index (κ3) is 7.73. The van der Waals surface area contributed by atoms with E-state index in [2.05, 4.69) is 25.2 Å². The molecule has 1 aliphatic carbocycles. The molecule has 1 spiro atoms. The molecule has 280 valence electrons. The molecule has 3 unspecified atom stereocenters. The molecule has 2 N–H and O–H groups in total. The van der Waals surface area contributed by atoms with Crippen LogP contribution < -0.4 is 19.8 Å². The van der Waals surface area contributed by atoms with Crippen molar-refractivity contribution in [2.24, 2.45) is 0 Å². The molecule has 0 radical (unpaired) electrons. The van der Waals surface area contributed by atoms with E-state index in [4.69, 9.17) is 32.5 Å². The number of rotatable bonds is 13. The fourth-order valence-electron chi connectivity index (χ4n) is 7.04. The largest absolute Gasteiger partial charge is 0.488 e. The van der Waals surface area contributed by atoms with E-state index in [0.717, 1.165) is 57.2 Å². The Bertz CT molecular complexity index is 2190. The molecule has 2 aromatic carbocycles. The van der Waals surface area contributed by atoms with E-state index in [1.165, 1.54) is 6.07 Å². The minimum absolute atomic E-state index is 0.265. The van der Waals surface area contributed by atoms with Crippen molar-refractivity contribution in [1.82, 2.24) is 0 Å². The van der Waals surface area contributed by atoms with Crippen molar-refractivity contribution in [3.63, 3.8) is 0 Å². The molecule has 0 bridgehead atoms. The summed E-state index contributed by atoms with van der Waals surface area (Å²) in [5.41, 5.74) is 4.03. The van der Waals surface area contributed by atoms with Crippen molar-refractivity contribution in [2.75, 3.05) is 13.2 Å². The quantitative estimate of drug-likeness (QED) is 0.102. The topological polar surface area (TPSA) is 130 Å². The number of hydrogen-bond donors (Lipinski definition) is 2.